The molecule has 0 spiro atoms. The average Bonchev–Trinajstić information content (AvgIpc) is 2.96. The summed E-state index contributed by atoms with van der Waals surface area (Å²) in [4.78, 5) is 18.1. The summed E-state index contributed by atoms with van der Waals surface area (Å²) in [5.74, 6) is 0.668. The molecular formula is C14H14F3N5. The second-order valence-electron chi connectivity index (χ2n) is 5.15. The van der Waals surface area contributed by atoms with Crippen LogP contribution in [0.5, 0.6) is 0 Å². The highest BCUT2D eigenvalue weighted by atomic mass is 19.4. The van der Waals surface area contributed by atoms with Crippen molar-refractivity contribution in [1.82, 2.24) is 19.9 Å². The Morgan fingerprint density at radius 1 is 1.18 bits per heavy atom. The van der Waals surface area contributed by atoms with Gasteiger partial charge in [-0.25, -0.2) is 19.9 Å². The van der Waals surface area contributed by atoms with Crippen molar-refractivity contribution in [1.29, 1.82) is 0 Å². The van der Waals surface area contributed by atoms with Gasteiger partial charge in [0.05, 0.1) is 6.04 Å². The lowest BCUT2D eigenvalue weighted by atomic mass is 10.2. The summed E-state index contributed by atoms with van der Waals surface area (Å²) in [5, 5.41) is 0. The number of hydrogen-bond acceptors (Lipinski definition) is 5. The van der Waals surface area contributed by atoms with Gasteiger partial charge in [-0.15, -0.1) is 0 Å². The molecule has 3 heterocycles. The molecule has 0 amide bonds. The minimum atomic E-state index is -4.48. The Labute approximate surface area is 125 Å². The lowest BCUT2D eigenvalue weighted by Gasteiger charge is -2.24. The maximum Gasteiger partial charge on any atom is 0.433 e. The molecule has 116 valence electrons. The van der Waals surface area contributed by atoms with E-state index in [9.17, 15) is 13.2 Å². The van der Waals surface area contributed by atoms with Crippen LogP contribution in [0.4, 0.5) is 19.1 Å². The van der Waals surface area contributed by atoms with Gasteiger partial charge in [-0.3, -0.25) is 0 Å². The zero-order valence-corrected chi connectivity index (χ0v) is 11.9. The number of hydrogen-bond donors (Lipinski definition) is 0. The minimum absolute atomic E-state index is 0.178. The summed E-state index contributed by atoms with van der Waals surface area (Å²) in [5.41, 5.74) is -0.603. The smallest absolute Gasteiger partial charge is 0.331 e. The Hall–Kier alpha value is -2.25. The fourth-order valence-electron chi connectivity index (χ4n) is 2.60. The topological polar surface area (TPSA) is 54.8 Å². The largest absolute Gasteiger partial charge is 0.433 e. The maximum absolute atomic E-state index is 12.9. The molecule has 0 saturated carbocycles. The van der Waals surface area contributed by atoms with Crippen LogP contribution in [0.2, 0.25) is 0 Å². The number of aryl methyl sites for hydroxylation is 1. The molecule has 2 aromatic rings. The van der Waals surface area contributed by atoms with E-state index < -0.39 is 11.9 Å². The van der Waals surface area contributed by atoms with Crippen LogP contribution in [0, 0.1) is 6.92 Å². The summed E-state index contributed by atoms with van der Waals surface area (Å²) in [6.45, 7) is 2.21. The van der Waals surface area contributed by atoms with Crippen LogP contribution in [0.15, 0.2) is 24.5 Å². The number of halogens is 3. The van der Waals surface area contributed by atoms with E-state index in [4.69, 9.17) is 0 Å². The molecule has 2 aromatic heterocycles. The first-order valence-electron chi connectivity index (χ1n) is 6.91. The summed E-state index contributed by atoms with van der Waals surface area (Å²) >= 11 is 0. The van der Waals surface area contributed by atoms with Crippen molar-refractivity contribution in [3.8, 4) is 0 Å². The Kier molecular flexibility index (Phi) is 3.67. The van der Waals surface area contributed by atoms with Crippen molar-refractivity contribution in [3.05, 3.63) is 41.7 Å². The van der Waals surface area contributed by atoms with E-state index in [0.29, 0.717) is 24.6 Å². The number of nitrogens with zero attached hydrogens (tertiary/aromatic N) is 5. The van der Waals surface area contributed by atoms with Crippen LogP contribution in [-0.4, -0.2) is 26.5 Å². The first-order chi connectivity index (χ1) is 10.4. The predicted octanol–water partition coefficient (Wildman–Crippen LogP) is 2.94. The molecule has 8 heteroatoms. The van der Waals surface area contributed by atoms with Gasteiger partial charge in [-0.05, 0) is 31.9 Å². The fourth-order valence-corrected chi connectivity index (χ4v) is 2.60. The normalized spacial score (nSPS) is 18.7. The van der Waals surface area contributed by atoms with Gasteiger partial charge in [-0.1, -0.05) is 0 Å². The molecule has 1 fully saturated rings. The van der Waals surface area contributed by atoms with Gasteiger partial charge in [0.1, 0.15) is 5.69 Å². The van der Waals surface area contributed by atoms with E-state index in [2.05, 4.69) is 19.9 Å². The van der Waals surface area contributed by atoms with Crippen molar-refractivity contribution in [3.63, 3.8) is 0 Å². The molecule has 0 N–H and O–H groups in total. The van der Waals surface area contributed by atoms with Crippen LogP contribution in [0.3, 0.4) is 0 Å². The van der Waals surface area contributed by atoms with E-state index >= 15 is 0 Å². The molecule has 1 aliphatic rings. The molecule has 0 radical (unpaired) electrons. The van der Waals surface area contributed by atoms with Crippen LogP contribution in [0.25, 0.3) is 0 Å². The highest BCUT2D eigenvalue weighted by molar-refractivity contribution is 5.34. The molecule has 0 bridgehead atoms. The molecule has 0 aliphatic carbocycles. The lowest BCUT2D eigenvalue weighted by molar-refractivity contribution is -0.141. The van der Waals surface area contributed by atoms with Crippen molar-refractivity contribution >= 4 is 5.95 Å². The van der Waals surface area contributed by atoms with Crippen molar-refractivity contribution in [2.45, 2.75) is 32.0 Å². The predicted molar refractivity (Wildman–Crippen MR) is 73.1 cm³/mol. The summed E-state index contributed by atoms with van der Waals surface area (Å²) < 4.78 is 38.8. The Balaban J connectivity index is 1.98. The number of rotatable bonds is 2. The second kappa shape index (κ2) is 5.51. The number of anilines is 1. The van der Waals surface area contributed by atoms with E-state index in [0.717, 1.165) is 12.5 Å². The standard InChI is InChI=1S/C14H14F3N5/c1-9-8-11(14(15,16)17)21-12(20-9)10-4-2-7-22(10)13-18-5-3-6-19-13/h3,5-6,8,10H,2,4,7H2,1H3/t10-/m0/s1. The van der Waals surface area contributed by atoms with Gasteiger partial charge in [0.15, 0.2) is 5.82 Å². The summed E-state index contributed by atoms with van der Waals surface area (Å²) in [6.07, 6.45) is 0.252. The van der Waals surface area contributed by atoms with Crippen LogP contribution in [0.1, 0.15) is 36.1 Å². The Morgan fingerprint density at radius 3 is 2.59 bits per heavy atom. The van der Waals surface area contributed by atoms with Gasteiger partial charge >= 0.3 is 6.18 Å². The third-order valence-electron chi connectivity index (χ3n) is 3.52. The highest BCUT2D eigenvalue weighted by Gasteiger charge is 2.36. The maximum atomic E-state index is 12.9. The quantitative estimate of drug-likeness (QED) is 0.853. The Bertz CT molecular complexity index is 659. The zero-order valence-electron chi connectivity index (χ0n) is 11.9. The lowest BCUT2D eigenvalue weighted by Crippen LogP contribution is -2.27. The molecule has 3 rings (SSSR count). The van der Waals surface area contributed by atoms with Crippen LogP contribution < -0.4 is 4.90 Å². The third-order valence-corrected chi connectivity index (χ3v) is 3.52. The molecule has 1 atom stereocenters. The number of aromatic nitrogens is 4. The molecule has 1 saturated heterocycles. The molecule has 22 heavy (non-hydrogen) atoms. The first kappa shape index (κ1) is 14.7. The molecule has 5 nitrogen and oxygen atoms in total. The molecular weight excluding hydrogens is 295 g/mol. The van der Waals surface area contributed by atoms with Gasteiger partial charge in [0, 0.05) is 24.6 Å². The van der Waals surface area contributed by atoms with Gasteiger partial charge < -0.3 is 4.90 Å². The van der Waals surface area contributed by atoms with Crippen molar-refractivity contribution in [2.75, 3.05) is 11.4 Å². The molecule has 0 aromatic carbocycles. The summed E-state index contributed by atoms with van der Waals surface area (Å²) in [6, 6.07) is 2.32. The van der Waals surface area contributed by atoms with Gasteiger partial charge in [0.2, 0.25) is 5.95 Å². The second-order valence-corrected chi connectivity index (χ2v) is 5.15. The fraction of sp³-hybridized carbons (Fsp3) is 0.429. The summed E-state index contributed by atoms with van der Waals surface area (Å²) in [7, 11) is 0. The first-order valence-corrected chi connectivity index (χ1v) is 6.91. The van der Waals surface area contributed by atoms with Crippen molar-refractivity contribution in [2.24, 2.45) is 0 Å². The van der Waals surface area contributed by atoms with Gasteiger partial charge in [-0.2, -0.15) is 13.2 Å². The SMILES string of the molecule is Cc1cc(C(F)(F)F)nc([C@@H]2CCCN2c2ncccn2)n1. The highest BCUT2D eigenvalue weighted by Crippen LogP contribution is 2.34. The van der Waals surface area contributed by atoms with Crippen molar-refractivity contribution < 1.29 is 13.2 Å². The molecule has 1 aliphatic heterocycles. The van der Waals surface area contributed by atoms with Crippen LogP contribution in [-0.2, 0) is 6.18 Å². The van der Waals surface area contributed by atoms with Gasteiger partial charge in [0.25, 0.3) is 0 Å². The van der Waals surface area contributed by atoms with E-state index in [1.165, 1.54) is 0 Å². The van der Waals surface area contributed by atoms with E-state index in [-0.39, 0.29) is 11.9 Å². The molecule has 0 unspecified atom stereocenters. The van der Waals surface area contributed by atoms with E-state index in [1.807, 2.05) is 4.90 Å². The van der Waals surface area contributed by atoms with E-state index in [1.54, 1.807) is 25.4 Å². The minimum Gasteiger partial charge on any atom is -0.331 e. The number of alkyl halides is 3. The monoisotopic (exact) mass is 309 g/mol. The third kappa shape index (κ3) is 2.86. The Morgan fingerprint density at radius 2 is 1.91 bits per heavy atom. The van der Waals surface area contributed by atoms with Crippen LogP contribution >= 0.6 is 0 Å². The average molecular weight is 309 g/mol. The zero-order chi connectivity index (χ0) is 15.7.